The highest BCUT2D eigenvalue weighted by Gasteiger charge is 2.26. The van der Waals surface area contributed by atoms with E-state index in [-0.39, 0.29) is 6.42 Å². The standard InChI is InChI=1S/C13H14O2/c14-13(15)7-12-10-3-1-2-8(10)6-9-4-5-11(9)12/h6H,1-5,7H2,(H,14,15). The fourth-order valence-electron chi connectivity index (χ4n) is 2.93. The summed E-state index contributed by atoms with van der Waals surface area (Å²) in [6.07, 6.45) is 5.90. The van der Waals surface area contributed by atoms with Gasteiger partial charge in [-0.2, -0.15) is 0 Å². The molecule has 2 nitrogen and oxygen atoms in total. The van der Waals surface area contributed by atoms with E-state index in [0.717, 1.165) is 31.2 Å². The summed E-state index contributed by atoms with van der Waals surface area (Å²) in [7, 11) is 0. The Balaban J connectivity index is 2.14. The molecule has 0 atom stereocenters. The van der Waals surface area contributed by atoms with E-state index in [0.29, 0.717) is 0 Å². The molecule has 1 N–H and O–H groups in total. The Morgan fingerprint density at radius 2 is 1.87 bits per heavy atom. The van der Waals surface area contributed by atoms with Gasteiger partial charge in [0.2, 0.25) is 0 Å². The Bertz CT molecular complexity index is 446. The van der Waals surface area contributed by atoms with Crippen LogP contribution in [0, 0.1) is 0 Å². The fraction of sp³-hybridized carbons (Fsp3) is 0.462. The van der Waals surface area contributed by atoms with Crippen molar-refractivity contribution in [1.29, 1.82) is 0 Å². The third-order valence-corrected chi connectivity index (χ3v) is 3.70. The zero-order valence-electron chi connectivity index (χ0n) is 8.68. The first-order valence-electron chi connectivity index (χ1n) is 5.63. The van der Waals surface area contributed by atoms with Gasteiger partial charge >= 0.3 is 5.97 Å². The minimum absolute atomic E-state index is 0.228. The van der Waals surface area contributed by atoms with Crippen LogP contribution in [0.15, 0.2) is 6.07 Å². The lowest BCUT2D eigenvalue weighted by Gasteiger charge is -2.25. The number of hydrogen-bond acceptors (Lipinski definition) is 1. The maximum absolute atomic E-state index is 10.9. The summed E-state index contributed by atoms with van der Waals surface area (Å²) in [6, 6.07) is 2.31. The molecule has 0 aromatic heterocycles. The lowest BCUT2D eigenvalue weighted by molar-refractivity contribution is -0.136. The number of carboxylic acid groups (broad SMARTS) is 1. The Morgan fingerprint density at radius 3 is 2.53 bits per heavy atom. The van der Waals surface area contributed by atoms with Crippen LogP contribution in [0.5, 0.6) is 0 Å². The molecule has 0 bridgehead atoms. The molecule has 1 aromatic carbocycles. The van der Waals surface area contributed by atoms with Gasteiger partial charge in [0.1, 0.15) is 0 Å². The number of hydrogen-bond donors (Lipinski definition) is 1. The number of carbonyl (C=O) groups is 1. The van der Waals surface area contributed by atoms with Crippen molar-refractivity contribution in [3.05, 3.63) is 33.9 Å². The Labute approximate surface area is 88.9 Å². The van der Waals surface area contributed by atoms with E-state index in [2.05, 4.69) is 6.07 Å². The van der Waals surface area contributed by atoms with Crippen molar-refractivity contribution in [2.24, 2.45) is 0 Å². The van der Waals surface area contributed by atoms with E-state index in [1.54, 1.807) is 0 Å². The maximum atomic E-state index is 10.9. The smallest absolute Gasteiger partial charge is 0.307 e. The van der Waals surface area contributed by atoms with Crippen molar-refractivity contribution in [3.63, 3.8) is 0 Å². The quantitative estimate of drug-likeness (QED) is 0.795. The second kappa shape index (κ2) is 3.09. The van der Waals surface area contributed by atoms with Gasteiger partial charge in [-0.1, -0.05) is 6.07 Å². The van der Waals surface area contributed by atoms with E-state index in [1.165, 1.54) is 28.7 Å². The predicted octanol–water partition coefficient (Wildman–Crippen LogP) is 1.90. The minimum atomic E-state index is -0.690. The molecule has 0 saturated heterocycles. The van der Waals surface area contributed by atoms with Crippen LogP contribution in [0.1, 0.15) is 34.2 Å². The van der Waals surface area contributed by atoms with Gasteiger partial charge in [-0.15, -0.1) is 0 Å². The van der Waals surface area contributed by atoms with Crippen molar-refractivity contribution in [2.45, 2.75) is 38.5 Å². The Kier molecular flexibility index (Phi) is 1.84. The second-order valence-electron chi connectivity index (χ2n) is 4.55. The molecule has 78 valence electrons. The normalized spacial score (nSPS) is 16.8. The SMILES string of the molecule is O=C(O)Cc1c2c(cc3c1CC3)CCC2. The molecule has 0 radical (unpaired) electrons. The summed E-state index contributed by atoms with van der Waals surface area (Å²) in [4.78, 5) is 10.9. The van der Waals surface area contributed by atoms with Crippen molar-refractivity contribution >= 4 is 5.97 Å². The van der Waals surface area contributed by atoms with Crippen LogP contribution in [-0.4, -0.2) is 11.1 Å². The van der Waals surface area contributed by atoms with E-state index >= 15 is 0 Å². The molecule has 2 aliphatic carbocycles. The number of rotatable bonds is 2. The monoisotopic (exact) mass is 202 g/mol. The van der Waals surface area contributed by atoms with Crippen molar-refractivity contribution in [1.82, 2.24) is 0 Å². The van der Waals surface area contributed by atoms with Crippen LogP contribution < -0.4 is 0 Å². The first-order valence-corrected chi connectivity index (χ1v) is 5.63. The van der Waals surface area contributed by atoms with Crippen molar-refractivity contribution in [3.8, 4) is 0 Å². The number of fused-ring (bicyclic) bond motifs is 2. The first-order chi connectivity index (χ1) is 7.25. The molecule has 1 aromatic rings. The van der Waals surface area contributed by atoms with Crippen LogP contribution in [0.3, 0.4) is 0 Å². The van der Waals surface area contributed by atoms with Crippen LogP contribution in [0.4, 0.5) is 0 Å². The van der Waals surface area contributed by atoms with Crippen LogP contribution in [0.2, 0.25) is 0 Å². The van der Waals surface area contributed by atoms with Gasteiger partial charge in [-0.3, -0.25) is 4.79 Å². The van der Waals surface area contributed by atoms with Gasteiger partial charge in [0.25, 0.3) is 0 Å². The zero-order chi connectivity index (χ0) is 10.4. The van der Waals surface area contributed by atoms with E-state index < -0.39 is 5.97 Å². The molecule has 0 spiro atoms. The number of aryl methyl sites for hydroxylation is 2. The minimum Gasteiger partial charge on any atom is -0.481 e. The highest BCUT2D eigenvalue weighted by atomic mass is 16.4. The second-order valence-corrected chi connectivity index (χ2v) is 4.55. The molecule has 0 heterocycles. The highest BCUT2D eigenvalue weighted by molar-refractivity contribution is 5.73. The summed E-state index contributed by atoms with van der Waals surface area (Å²) >= 11 is 0. The van der Waals surface area contributed by atoms with E-state index in [9.17, 15) is 4.79 Å². The molecule has 0 aliphatic heterocycles. The molecular formula is C13H14O2. The van der Waals surface area contributed by atoms with Crippen molar-refractivity contribution < 1.29 is 9.90 Å². The number of aliphatic carboxylic acids is 1. The first kappa shape index (κ1) is 8.96. The molecule has 2 heteroatoms. The third kappa shape index (κ3) is 1.28. The molecule has 15 heavy (non-hydrogen) atoms. The molecule has 3 rings (SSSR count). The van der Waals surface area contributed by atoms with Gasteiger partial charge in [0.15, 0.2) is 0 Å². The van der Waals surface area contributed by atoms with Gasteiger partial charge in [-0.05, 0) is 59.9 Å². The predicted molar refractivity (Wildman–Crippen MR) is 57.2 cm³/mol. The lowest BCUT2D eigenvalue weighted by Crippen LogP contribution is -2.17. The molecule has 0 unspecified atom stereocenters. The highest BCUT2D eigenvalue weighted by Crippen LogP contribution is 2.36. The van der Waals surface area contributed by atoms with Crippen LogP contribution >= 0.6 is 0 Å². The molecule has 2 aliphatic rings. The summed E-state index contributed by atoms with van der Waals surface area (Å²) in [5, 5.41) is 8.94. The molecule has 0 saturated carbocycles. The Hall–Kier alpha value is -1.31. The van der Waals surface area contributed by atoms with Gasteiger partial charge in [-0.25, -0.2) is 0 Å². The number of benzene rings is 1. The largest absolute Gasteiger partial charge is 0.481 e. The Morgan fingerprint density at radius 1 is 1.13 bits per heavy atom. The average molecular weight is 202 g/mol. The molecular weight excluding hydrogens is 188 g/mol. The summed E-state index contributed by atoms with van der Waals surface area (Å²) in [5.74, 6) is -0.690. The third-order valence-electron chi connectivity index (χ3n) is 3.70. The van der Waals surface area contributed by atoms with E-state index in [1.807, 2.05) is 0 Å². The van der Waals surface area contributed by atoms with Crippen LogP contribution in [0.25, 0.3) is 0 Å². The van der Waals surface area contributed by atoms with Gasteiger partial charge in [0.05, 0.1) is 6.42 Å². The zero-order valence-corrected chi connectivity index (χ0v) is 8.68. The van der Waals surface area contributed by atoms with Crippen molar-refractivity contribution in [2.75, 3.05) is 0 Å². The maximum Gasteiger partial charge on any atom is 0.307 e. The van der Waals surface area contributed by atoms with Gasteiger partial charge in [0, 0.05) is 0 Å². The lowest BCUT2D eigenvalue weighted by atomic mass is 9.80. The van der Waals surface area contributed by atoms with E-state index in [4.69, 9.17) is 5.11 Å². The average Bonchev–Trinajstić information content (AvgIpc) is 2.57. The van der Waals surface area contributed by atoms with Gasteiger partial charge < -0.3 is 5.11 Å². The number of carboxylic acids is 1. The summed E-state index contributed by atoms with van der Waals surface area (Å²) in [5.41, 5.74) is 6.68. The topological polar surface area (TPSA) is 37.3 Å². The fourth-order valence-corrected chi connectivity index (χ4v) is 2.93. The summed E-state index contributed by atoms with van der Waals surface area (Å²) in [6.45, 7) is 0. The van der Waals surface area contributed by atoms with Crippen LogP contribution in [-0.2, 0) is 36.9 Å². The molecule has 0 amide bonds. The summed E-state index contributed by atoms with van der Waals surface area (Å²) < 4.78 is 0. The molecule has 0 fully saturated rings.